The first-order valence-electron chi connectivity index (χ1n) is 5.73. The van der Waals surface area contributed by atoms with Crippen LogP contribution in [-0.4, -0.2) is 18.1 Å². The number of thiazole rings is 1. The molecule has 0 aromatic carbocycles. The Morgan fingerprint density at radius 2 is 2.06 bits per heavy atom. The first-order valence-corrected chi connectivity index (χ1v) is 7.87. The van der Waals surface area contributed by atoms with Gasteiger partial charge in [-0.05, 0) is 32.0 Å². The van der Waals surface area contributed by atoms with E-state index < -0.39 is 0 Å². The third-order valence-electron chi connectivity index (χ3n) is 3.07. The van der Waals surface area contributed by atoms with E-state index in [1.807, 2.05) is 6.07 Å². The van der Waals surface area contributed by atoms with Gasteiger partial charge in [-0.25, -0.2) is 4.98 Å². The SMILES string of the molecule is Clc1cc(-c2csc(C3CCNCC3)n2)cs1. The van der Waals surface area contributed by atoms with E-state index in [0.717, 1.165) is 28.7 Å². The molecule has 0 bridgehead atoms. The molecular formula is C12H13ClN2S2. The summed E-state index contributed by atoms with van der Waals surface area (Å²) < 4.78 is 0.830. The van der Waals surface area contributed by atoms with Crippen molar-refractivity contribution in [2.45, 2.75) is 18.8 Å². The maximum Gasteiger partial charge on any atom is 0.0964 e. The zero-order chi connectivity index (χ0) is 11.7. The molecule has 1 fully saturated rings. The molecule has 0 radical (unpaired) electrons. The Kier molecular flexibility index (Phi) is 3.47. The molecule has 3 heterocycles. The van der Waals surface area contributed by atoms with Crippen LogP contribution < -0.4 is 5.32 Å². The number of rotatable bonds is 2. The van der Waals surface area contributed by atoms with Gasteiger partial charge in [0.1, 0.15) is 0 Å². The Morgan fingerprint density at radius 3 is 2.76 bits per heavy atom. The number of halogens is 1. The van der Waals surface area contributed by atoms with Crippen LogP contribution >= 0.6 is 34.3 Å². The van der Waals surface area contributed by atoms with E-state index in [0.29, 0.717) is 5.92 Å². The van der Waals surface area contributed by atoms with Crippen LogP contribution in [0, 0.1) is 0 Å². The van der Waals surface area contributed by atoms with Crippen LogP contribution in [0.2, 0.25) is 4.34 Å². The highest BCUT2D eigenvalue weighted by atomic mass is 35.5. The number of aromatic nitrogens is 1. The minimum Gasteiger partial charge on any atom is -0.317 e. The van der Waals surface area contributed by atoms with Crippen LogP contribution in [0.4, 0.5) is 0 Å². The summed E-state index contributed by atoms with van der Waals surface area (Å²) in [6.45, 7) is 2.23. The molecule has 1 saturated heterocycles. The lowest BCUT2D eigenvalue weighted by atomic mass is 9.99. The molecule has 90 valence electrons. The fourth-order valence-electron chi connectivity index (χ4n) is 2.12. The Hall–Kier alpha value is -0.420. The molecule has 0 spiro atoms. The van der Waals surface area contributed by atoms with Crippen molar-refractivity contribution in [1.29, 1.82) is 0 Å². The average Bonchev–Trinajstić information content (AvgIpc) is 2.98. The van der Waals surface area contributed by atoms with E-state index in [1.54, 1.807) is 22.7 Å². The van der Waals surface area contributed by atoms with E-state index in [2.05, 4.69) is 16.1 Å². The minimum atomic E-state index is 0.643. The summed E-state index contributed by atoms with van der Waals surface area (Å²) in [4.78, 5) is 4.76. The number of nitrogens with one attached hydrogen (secondary N) is 1. The molecule has 2 aromatic heterocycles. The average molecular weight is 285 g/mol. The minimum absolute atomic E-state index is 0.643. The maximum atomic E-state index is 5.95. The fraction of sp³-hybridized carbons (Fsp3) is 0.417. The van der Waals surface area contributed by atoms with Crippen molar-refractivity contribution in [2.24, 2.45) is 0 Å². The van der Waals surface area contributed by atoms with Gasteiger partial charge in [0.15, 0.2) is 0 Å². The normalized spacial score (nSPS) is 17.5. The van der Waals surface area contributed by atoms with Crippen molar-refractivity contribution in [3.05, 3.63) is 26.2 Å². The highest BCUT2D eigenvalue weighted by molar-refractivity contribution is 7.14. The second kappa shape index (κ2) is 5.06. The summed E-state index contributed by atoms with van der Waals surface area (Å²) >= 11 is 9.30. The molecule has 3 rings (SSSR count). The van der Waals surface area contributed by atoms with Crippen LogP contribution in [-0.2, 0) is 0 Å². The van der Waals surface area contributed by atoms with Crippen molar-refractivity contribution in [3.8, 4) is 11.3 Å². The lowest BCUT2D eigenvalue weighted by Crippen LogP contribution is -2.26. The van der Waals surface area contributed by atoms with Crippen LogP contribution in [0.25, 0.3) is 11.3 Å². The summed E-state index contributed by atoms with van der Waals surface area (Å²) in [7, 11) is 0. The van der Waals surface area contributed by atoms with E-state index in [-0.39, 0.29) is 0 Å². The lowest BCUT2D eigenvalue weighted by Gasteiger charge is -2.20. The summed E-state index contributed by atoms with van der Waals surface area (Å²) in [5.74, 6) is 0.643. The van der Waals surface area contributed by atoms with E-state index >= 15 is 0 Å². The van der Waals surface area contributed by atoms with Gasteiger partial charge in [0.05, 0.1) is 15.0 Å². The summed E-state index contributed by atoms with van der Waals surface area (Å²) in [5, 5.41) is 8.89. The highest BCUT2D eigenvalue weighted by Crippen LogP contribution is 2.33. The van der Waals surface area contributed by atoms with Gasteiger partial charge in [-0.2, -0.15) is 0 Å². The van der Waals surface area contributed by atoms with E-state index in [1.165, 1.54) is 17.8 Å². The molecule has 1 N–H and O–H groups in total. The number of nitrogens with zero attached hydrogens (tertiary/aromatic N) is 1. The Morgan fingerprint density at radius 1 is 1.24 bits per heavy atom. The van der Waals surface area contributed by atoms with Crippen molar-refractivity contribution in [2.75, 3.05) is 13.1 Å². The quantitative estimate of drug-likeness (QED) is 0.902. The molecule has 5 heteroatoms. The molecule has 0 aliphatic carbocycles. The summed E-state index contributed by atoms with van der Waals surface area (Å²) in [6, 6.07) is 1.99. The van der Waals surface area contributed by atoms with Crippen molar-refractivity contribution >= 4 is 34.3 Å². The zero-order valence-electron chi connectivity index (χ0n) is 9.28. The van der Waals surface area contributed by atoms with Crippen molar-refractivity contribution in [1.82, 2.24) is 10.3 Å². The van der Waals surface area contributed by atoms with Gasteiger partial charge in [0, 0.05) is 22.2 Å². The molecule has 2 nitrogen and oxygen atoms in total. The second-order valence-corrected chi connectivity index (χ2v) is 6.67. The number of thiophene rings is 1. The standard InChI is InChI=1S/C12H13ClN2S2/c13-11-5-9(6-16-11)10-7-17-12(15-10)8-1-3-14-4-2-8/h5-8,14H,1-4H2. The van der Waals surface area contributed by atoms with Gasteiger partial charge in [0.25, 0.3) is 0 Å². The Bertz CT molecular complexity index is 500. The lowest BCUT2D eigenvalue weighted by molar-refractivity contribution is 0.459. The van der Waals surface area contributed by atoms with Crippen LogP contribution in [0.3, 0.4) is 0 Å². The number of hydrogen-bond acceptors (Lipinski definition) is 4. The van der Waals surface area contributed by atoms with E-state index in [9.17, 15) is 0 Å². The van der Waals surface area contributed by atoms with Crippen molar-refractivity contribution in [3.63, 3.8) is 0 Å². The van der Waals surface area contributed by atoms with E-state index in [4.69, 9.17) is 16.6 Å². The maximum absolute atomic E-state index is 5.95. The van der Waals surface area contributed by atoms with Crippen LogP contribution in [0.1, 0.15) is 23.8 Å². The molecule has 1 aliphatic rings. The Labute approximate surface area is 114 Å². The first kappa shape index (κ1) is 11.7. The van der Waals surface area contributed by atoms with Crippen LogP contribution in [0.5, 0.6) is 0 Å². The number of piperidine rings is 1. The summed E-state index contributed by atoms with van der Waals surface area (Å²) in [5.41, 5.74) is 2.23. The predicted octanol–water partition coefficient (Wildman–Crippen LogP) is 3.99. The van der Waals surface area contributed by atoms with Gasteiger partial charge in [-0.15, -0.1) is 22.7 Å². The largest absolute Gasteiger partial charge is 0.317 e. The molecule has 1 aliphatic heterocycles. The first-order chi connectivity index (χ1) is 8.33. The van der Waals surface area contributed by atoms with Crippen molar-refractivity contribution < 1.29 is 0 Å². The molecule has 0 amide bonds. The molecule has 0 atom stereocenters. The highest BCUT2D eigenvalue weighted by Gasteiger charge is 2.18. The smallest absolute Gasteiger partial charge is 0.0964 e. The van der Waals surface area contributed by atoms with Gasteiger partial charge in [-0.1, -0.05) is 11.6 Å². The van der Waals surface area contributed by atoms with Gasteiger partial charge >= 0.3 is 0 Å². The molecule has 17 heavy (non-hydrogen) atoms. The van der Waals surface area contributed by atoms with Crippen LogP contribution in [0.15, 0.2) is 16.8 Å². The molecular weight excluding hydrogens is 272 g/mol. The predicted molar refractivity (Wildman–Crippen MR) is 75.3 cm³/mol. The summed E-state index contributed by atoms with van der Waals surface area (Å²) in [6.07, 6.45) is 2.41. The number of hydrogen-bond donors (Lipinski definition) is 1. The third-order valence-corrected chi connectivity index (χ3v) is 5.17. The molecule has 2 aromatic rings. The topological polar surface area (TPSA) is 24.9 Å². The van der Waals surface area contributed by atoms with Gasteiger partial charge < -0.3 is 5.32 Å². The van der Waals surface area contributed by atoms with Gasteiger partial charge in [-0.3, -0.25) is 0 Å². The second-order valence-electron chi connectivity index (χ2n) is 4.23. The zero-order valence-corrected chi connectivity index (χ0v) is 11.7. The molecule has 0 saturated carbocycles. The Balaban J connectivity index is 1.82. The molecule has 0 unspecified atom stereocenters. The fourth-order valence-corrected chi connectivity index (χ4v) is 4.00. The van der Waals surface area contributed by atoms with Gasteiger partial charge in [0.2, 0.25) is 0 Å². The third kappa shape index (κ3) is 2.55. The monoisotopic (exact) mass is 284 g/mol.